The highest BCUT2D eigenvalue weighted by Gasteiger charge is 2.58. The number of ketones is 1. The molecule has 5 heteroatoms. The fourth-order valence-electron chi connectivity index (χ4n) is 8.84. The van der Waals surface area contributed by atoms with Crippen molar-refractivity contribution in [1.82, 2.24) is 15.0 Å². The number of nitrogens with zero attached hydrogens (tertiary/aromatic N) is 3. The Morgan fingerprint density at radius 3 is 2.44 bits per heavy atom. The van der Waals surface area contributed by atoms with E-state index in [9.17, 15) is 9.90 Å². The molecule has 4 aliphatic rings. The molecule has 172 valence electrons. The first-order chi connectivity index (χ1) is 15.3. The van der Waals surface area contributed by atoms with Gasteiger partial charge in [-0.25, -0.2) is 0 Å². The Balaban J connectivity index is 1.18. The summed E-state index contributed by atoms with van der Waals surface area (Å²) in [6, 6.07) is 7.84. The van der Waals surface area contributed by atoms with Crippen molar-refractivity contribution in [2.75, 3.05) is 0 Å². The summed E-state index contributed by atoms with van der Waals surface area (Å²) in [5.41, 5.74) is 1.41. The van der Waals surface area contributed by atoms with Gasteiger partial charge in [-0.15, -0.1) is 0 Å². The molecule has 0 radical (unpaired) electrons. The molecule has 1 heterocycles. The van der Waals surface area contributed by atoms with E-state index >= 15 is 0 Å². The van der Waals surface area contributed by atoms with Crippen LogP contribution in [-0.2, 0) is 11.3 Å². The van der Waals surface area contributed by atoms with E-state index in [4.69, 9.17) is 0 Å². The predicted molar refractivity (Wildman–Crippen MR) is 124 cm³/mol. The summed E-state index contributed by atoms with van der Waals surface area (Å²) in [4.78, 5) is 15.1. The number of carbonyl (C=O) groups is 1. The average Bonchev–Trinajstić information content (AvgIpc) is 3.32. The van der Waals surface area contributed by atoms with Gasteiger partial charge in [0.1, 0.15) is 17.6 Å². The number of rotatable bonds is 3. The van der Waals surface area contributed by atoms with Gasteiger partial charge in [-0.3, -0.25) is 4.79 Å². The van der Waals surface area contributed by atoms with Crippen molar-refractivity contribution in [3.05, 3.63) is 24.3 Å². The zero-order chi connectivity index (χ0) is 22.1. The van der Waals surface area contributed by atoms with Crippen LogP contribution in [0.2, 0.25) is 0 Å². The number of aromatic nitrogens is 3. The molecule has 8 atom stereocenters. The molecule has 5 nitrogen and oxygen atoms in total. The first-order valence-corrected chi connectivity index (χ1v) is 12.9. The summed E-state index contributed by atoms with van der Waals surface area (Å²) < 4.78 is 0. The smallest absolute Gasteiger partial charge is 0.159 e. The van der Waals surface area contributed by atoms with E-state index in [0.29, 0.717) is 24.2 Å². The molecule has 4 aliphatic carbocycles. The number of fused-ring (bicyclic) bond motifs is 6. The van der Waals surface area contributed by atoms with Crippen molar-refractivity contribution in [1.29, 1.82) is 0 Å². The van der Waals surface area contributed by atoms with Crippen LogP contribution < -0.4 is 0 Å². The summed E-state index contributed by atoms with van der Waals surface area (Å²) in [7, 11) is 0. The molecule has 0 bridgehead atoms. The van der Waals surface area contributed by atoms with Crippen LogP contribution in [0.3, 0.4) is 0 Å². The number of carbonyl (C=O) groups excluding carboxylic acids is 1. The monoisotopic (exact) mass is 435 g/mol. The molecule has 1 aromatic heterocycles. The number of hydrogen-bond acceptors (Lipinski definition) is 4. The second kappa shape index (κ2) is 7.38. The van der Waals surface area contributed by atoms with E-state index in [0.717, 1.165) is 48.0 Å². The molecule has 1 aromatic carbocycles. The highest BCUT2D eigenvalue weighted by Crippen LogP contribution is 2.64. The molecule has 1 unspecified atom stereocenters. The second-order valence-electron chi connectivity index (χ2n) is 12.0. The van der Waals surface area contributed by atoms with Crippen LogP contribution in [0.15, 0.2) is 24.3 Å². The minimum atomic E-state index is -0.451. The Bertz CT molecular complexity index is 996. The standard InChI is InChI=1S/C27H37N3O2/c1-26(32)13-11-18-17(15-26)7-8-20-19(18)12-14-27(2)21(20)9-10-22(27)25(31)16-30-28-23-5-3-4-6-24(23)29-30/h3-6,17-22,32H,7-16H2,1-2H3/t17-,18?,19-,20-,21+,22-,26-,27+/m1/s1. The Labute approximate surface area is 191 Å². The lowest BCUT2D eigenvalue weighted by atomic mass is 9.49. The van der Waals surface area contributed by atoms with E-state index in [1.54, 1.807) is 4.80 Å². The van der Waals surface area contributed by atoms with Crippen LogP contribution in [0.5, 0.6) is 0 Å². The van der Waals surface area contributed by atoms with Crippen LogP contribution in [0, 0.1) is 40.9 Å². The number of hydrogen-bond donors (Lipinski definition) is 1. The summed E-state index contributed by atoms with van der Waals surface area (Å²) in [5, 5.41) is 19.7. The molecule has 4 saturated carbocycles. The third-order valence-electron chi connectivity index (χ3n) is 10.3. The summed E-state index contributed by atoms with van der Waals surface area (Å²) in [6.45, 7) is 4.77. The molecule has 32 heavy (non-hydrogen) atoms. The lowest BCUT2D eigenvalue weighted by Gasteiger charge is -2.56. The molecule has 2 aromatic rings. The Morgan fingerprint density at radius 1 is 0.969 bits per heavy atom. The number of aliphatic hydroxyl groups is 1. The van der Waals surface area contributed by atoms with Crippen molar-refractivity contribution in [2.45, 2.75) is 83.8 Å². The molecule has 4 fully saturated rings. The highest BCUT2D eigenvalue weighted by atomic mass is 16.3. The number of Topliss-reactive ketones (excluding diaryl/α,β-unsaturated/α-hetero) is 1. The van der Waals surface area contributed by atoms with Gasteiger partial charge >= 0.3 is 0 Å². The van der Waals surface area contributed by atoms with Gasteiger partial charge in [0.05, 0.1) is 5.60 Å². The van der Waals surface area contributed by atoms with E-state index in [-0.39, 0.29) is 11.3 Å². The topological polar surface area (TPSA) is 68.0 Å². The molecular weight excluding hydrogens is 398 g/mol. The third kappa shape index (κ3) is 3.26. The van der Waals surface area contributed by atoms with Crippen LogP contribution in [0.1, 0.15) is 71.6 Å². The Kier molecular flexibility index (Phi) is 4.80. The lowest BCUT2D eigenvalue weighted by Crippen LogP contribution is -2.51. The van der Waals surface area contributed by atoms with Crippen molar-refractivity contribution in [3.63, 3.8) is 0 Å². The van der Waals surface area contributed by atoms with Gasteiger partial charge in [0.2, 0.25) is 0 Å². The van der Waals surface area contributed by atoms with Crippen LogP contribution in [0.25, 0.3) is 11.0 Å². The van der Waals surface area contributed by atoms with E-state index in [2.05, 4.69) is 17.1 Å². The Morgan fingerprint density at radius 2 is 1.69 bits per heavy atom. The summed E-state index contributed by atoms with van der Waals surface area (Å²) in [6.07, 6.45) is 10.4. The SMILES string of the molecule is C[C@@]1(O)CCC2[C@H](CC[C@@H]3[C@@H]2CC[C@]2(C)[C@@H](C(=O)Cn4nc5ccccc5n4)CC[C@@H]32)C1. The van der Waals surface area contributed by atoms with Gasteiger partial charge in [-0.05, 0) is 112 Å². The highest BCUT2D eigenvalue weighted by molar-refractivity contribution is 5.82. The fraction of sp³-hybridized carbons (Fsp3) is 0.741. The average molecular weight is 436 g/mol. The van der Waals surface area contributed by atoms with Gasteiger partial charge in [0.15, 0.2) is 5.78 Å². The van der Waals surface area contributed by atoms with Crippen molar-refractivity contribution < 1.29 is 9.90 Å². The molecule has 6 rings (SSSR count). The zero-order valence-corrected chi connectivity index (χ0v) is 19.5. The third-order valence-corrected chi connectivity index (χ3v) is 10.3. The minimum Gasteiger partial charge on any atom is -0.390 e. The second-order valence-corrected chi connectivity index (χ2v) is 12.0. The van der Waals surface area contributed by atoms with E-state index in [1.165, 1.54) is 38.5 Å². The molecule has 0 spiro atoms. The minimum absolute atomic E-state index is 0.137. The molecule has 0 aliphatic heterocycles. The van der Waals surface area contributed by atoms with Gasteiger partial charge in [-0.1, -0.05) is 19.1 Å². The summed E-state index contributed by atoms with van der Waals surface area (Å²) in [5.74, 6) is 4.26. The van der Waals surface area contributed by atoms with E-state index in [1.807, 2.05) is 31.2 Å². The van der Waals surface area contributed by atoms with Gasteiger partial charge < -0.3 is 5.11 Å². The normalized spacial score (nSPS) is 43.5. The fourth-order valence-corrected chi connectivity index (χ4v) is 8.84. The molecular formula is C27H37N3O2. The predicted octanol–water partition coefficient (Wildman–Crippen LogP) is 5.02. The van der Waals surface area contributed by atoms with Gasteiger partial charge in [0.25, 0.3) is 0 Å². The maximum Gasteiger partial charge on any atom is 0.159 e. The van der Waals surface area contributed by atoms with Crippen LogP contribution in [0.4, 0.5) is 0 Å². The van der Waals surface area contributed by atoms with Crippen LogP contribution in [-0.4, -0.2) is 31.5 Å². The van der Waals surface area contributed by atoms with Gasteiger partial charge in [-0.2, -0.15) is 15.0 Å². The summed E-state index contributed by atoms with van der Waals surface area (Å²) >= 11 is 0. The van der Waals surface area contributed by atoms with Crippen molar-refractivity contribution in [2.24, 2.45) is 40.9 Å². The molecule has 0 amide bonds. The maximum atomic E-state index is 13.5. The Hall–Kier alpha value is -1.75. The first-order valence-electron chi connectivity index (χ1n) is 12.9. The molecule has 1 N–H and O–H groups in total. The van der Waals surface area contributed by atoms with Gasteiger partial charge in [0, 0.05) is 5.92 Å². The van der Waals surface area contributed by atoms with E-state index < -0.39 is 5.60 Å². The first kappa shape index (κ1) is 20.8. The lowest BCUT2D eigenvalue weighted by molar-refractivity contribution is -0.133. The van der Waals surface area contributed by atoms with Crippen molar-refractivity contribution in [3.8, 4) is 0 Å². The zero-order valence-electron chi connectivity index (χ0n) is 19.5. The number of benzene rings is 1. The maximum absolute atomic E-state index is 13.5. The molecule has 0 saturated heterocycles. The van der Waals surface area contributed by atoms with Crippen molar-refractivity contribution >= 4 is 16.8 Å². The van der Waals surface area contributed by atoms with Crippen LogP contribution >= 0.6 is 0 Å². The quantitative estimate of drug-likeness (QED) is 0.735. The largest absolute Gasteiger partial charge is 0.390 e.